The molecule has 18 heavy (non-hydrogen) atoms. The van der Waals surface area contributed by atoms with Gasteiger partial charge in [0, 0.05) is 0 Å². The van der Waals surface area contributed by atoms with Crippen molar-refractivity contribution >= 4 is 28.8 Å². The molecule has 3 N–H and O–H groups in total. The van der Waals surface area contributed by atoms with Crippen molar-refractivity contribution < 1.29 is 4.79 Å². The van der Waals surface area contributed by atoms with Crippen LogP contribution >= 0.6 is 11.5 Å². The number of nitrogens with two attached hydrogens (primary N) is 1. The molecule has 0 aliphatic heterocycles. The quantitative estimate of drug-likeness (QED) is 0.637. The van der Waals surface area contributed by atoms with Crippen LogP contribution in [-0.2, 0) is 4.79 Å². The van der Waals surface area contributed by atoms with E-state index in [-0.39, 0.29) is 5.71 Å². The number of carbonyl (C=O) groups excluding carboxylic acids is 1. The van der Waals surface area contributed by atoms with Crippen molar-refractivity contribution in [3.8, 4) is 0 Å². The lowest BCUT2D eigenvalue weighted by atomic mass is 10.3. The fourth-order valence-electron chi connectivity index (χ4n) is 1.23. The smallest absolute Gasteiger partial charge is 0.272 e. The lowest BCUT2D eigenvalue weighted by Gasteiger charge is -2.01. The number of hydrogen-bond acceptors (Lipinski definition) is 6. The van der Waals surface area contributed by atoms with E-state index in [1.54, 1.807) is 6.92 Å². The highest BCUT2D eigenvalue weighted by molar-refractivity contribution is 7.08. The highest BCUT2D eigenvalue weighted by Gasteiger charge is 2.15. The number of anilines is 1. The summed E-state index contributed by atoms with van der Waals surface area (Å²) in [5.74, 6) is -0.0572. The second-order valence-electron chi connectivity index (χ2n) is 3.45. The number of primary amides is 1. The topological polar surface area (TPSA) is 93.3 Å². The predicted molar refractivity (Wildman–Crippen MR) is 70.4 cm³/mol. The molecule has 1 aromatic carbocycles. The average Bonchev–Trinajstić information content (AvgIpc) is 2.77. The Kier molecular flexibility index (Phi) is 3.63. The molecule has 92 valence electrons. The van der Waals surface area contributed by atoms with Crippen LogP contribution in [0.5, 0.6) is 0 Å². The minimum absolute atomic E-state index is 0.0736. The fourth-order valence-corrected chi connectivity index (χ4v) is 1.90. The molecule has 2 aromatic rings. The van der Waals surface area contributed by atoms with Crippen LogP contribution < -0.4 is 11.2 Å². The first-order valence-corrected chi connectivity index (χ1v) is 5.93. The molecule has 1 amide bonds. The Balaban J connectivity index is 2.23. The van der Waals surface area contributed by atoms with E-state index in [1.165, 1.54) is 0 Å². The maximum Gasteiger partial charge on any atom is 0.272 e. The number of nitrogens with one attached hydrogen (secondary N) is 1. The van der Waals surface area contributed by atoms with Crippen LogP contribution in [-0.4, -0.2) is 21.0 Å². The highest BCUT2D eigenvalue weighted by atomic mass is 32.1. The molecule has 0 aliphatic rings. The second kappa shape index (κ2) is 5.37. The van der Waals surface area contributed by atoms with Crippen molar-refractivity contribution in [2.75, 3.05) is 5.43 Å². The Hall–Kier alpha value is -2.28. The van der Waals surface area contributed by atoms with Crippen LogP contribution in [0, 0.1) is 6.92 Å². The zero-order valence-corrected chi connectivity index (χ0v) is 10.4. The maximum atomic E-state index is 11.3. The summed E-state index contributed by atoms with van der Waals surface area (Å²) in [6, 6.07) is 9.26. The van der Waals surface area contributed by atoms with Crippen molar-refractivity contribution in [1.29, 1.82) is 0 Å². The van der Waals surface area contributed by atoms with Gasteiger partial charge in [-0.05, 0) is 30.6 Å². The van der Waals surface area contributed by atoms with Crippen molar-refractivity contribution in [3.05, 3.63) is 41.2 Å². The van der Waals surface area contributed by atoms with Crippen LogP contribution in [0.15, 0.2) is 35.4 Å². The molecule has 0 bridgehead atoms. The summed E-state index contributed by atoms with van der Waals surface area (Å²) in [6.07, 6.45) is 0. The van der Waals surface area contributed by atoms with Gasteiger partial charge in [-0.25, -0.2) is 4.98 Å². The van der Waals surface area contributed by atoms with E-state index in [4.69, 9.17) is 5.73 Å². The van der Waals surface area contributed by atoms with Gasteiger partial charge in [0.1, 0.15) is 5.82 Å². The molecule has 0 saturated heterocycles. The summed E-state index contributed by atoms with van der Waals surface area (Å²) in [5, 5.41) is 4.38. The van der Waals surface area contributed by atoms with Crippen LogP contribution in [0.2, 0.25) is 0 Å². The van der Waals surface area contributed by atoms with E-state index < -0.39 is 5.91 Å². The standard InChI is InChI=1S/C11H11N5OS/c1-7-13-11(18-16-7)9(10(12)17)15-14-8-5-3-2-4-6-8/h2-6,14H,1H3,(H2,12,17)/b15-9-. The molecule has 0 radical (unpaired) electrons. The molecule has 0 fully saturated rings. The van der Waals surface area contributed by atoms with E-state index in [1.807, 2.05) is 30.3 Å². The summed E-state index contributed by atoms with van der Waals surface area (Å²) in [4.78, 5) is 15.4. The third-order valence-corrected chi connectivity index (χ3v) is 2.85. The molecule has 1 heterocycles. The van der Waals surface area contributed by atoms with Gasteiger partial charge in [-0.1, -0.05) is 18.2 Å². The number of hydrazone groups is 1. The molecule has 1 aromatic heterocycles. The van der Waals surface area contributed by atoms with E-state index in [9.17, 15) is 4.79 Å². The SMILES string of the molecule is Cc1nsc(/C(=N\Nc2ccccc2)C(N)=O)n1. The van der Waals surface area contributed by atoms with Gasteiger partial charge in [0.15, 0.2) is 10.7 Å². The Morgan fingerprint density at radius 1 is 1.39 bits per heavy atom. The number of aryl methyl sites for hydroxylation is 1. The first-order valence-electron chi connectivity index (χ1n) is 5.16. The van der Waals surface area contributed by atoms with E-state index >= 15 is 0 Å². The Bertz CT molecular complexity index is 578. The van der Waals surface area contributed by atoms with Crippen molar-refractivity contribution in [1.82, 2.24) is 9.36 Å². The average molecular weight is 261 g/mol. The third kappa shape index (κ3) is 2.89. The molecule has 0 unspecified atom stereocenters. The lowest BCUT2D eigenvalue weighted by molar-refractivity contribution is -0.111. The molecule has 7 heteroatoms. The Labute approximate surface area is 108 Å². The van der Waals surface area contributed by atoms with Gasteiger partial charge in [0.2, 0.25) is 0 Å². The number of amides is 1. The Morgan fingerprint density at radius 3 is 2.67 bits per heavy atom. The maximum absolute atomic E-state index is 11.3. The van der Waals surface area contributed by atoms with Crippen LogP contribution in [0.4, 0.5) is 5.69 Å². The molecular weight excluding hydrogens is 250 g/mol. The zero-order valence-electron chi connectivity index (χ0n) is 9.62. The van der Waals surface area contributed by atoms with Gasteiger partial charge in [-0.2, -0.15) is 9.47 Å². The summed E-state index contributed by atoms with van der Waals surface area (Å²) in [6.45, 7) is 1.74. The molecular formula is C11H11N5OS. The minimum Gasteiger partial charge on any atom is -0.364 e. The van der Waals surface area contributed by atoms with Crippen molar-refractivity contribution in [2.45, 2.75) is 6.92 Å². The number of aromatic nitrogens is 2. The Morgan fingerprint density at radius 2 is 2.11 bits per heavy atom. The lowest BCUT2D eigenvalue weighted by Crippen LogP contribution is -2.25. The van der Waals surface area contributed by atoms with Crippen LogP contribution in [0.1, 0.15) is 10.8 Å². The van der Waals surface area contributed by atoms with Crippen LogP contribution in [0.3, 0.4) is 0 Å². The molecule has 0 aliphatic carbocycles. The fraction of sp³-hybridized carbons (Fsp3) is 0.0909. The van der Waals surface area contributed by atoms with E-state index in [0.717, 1.165) is 17.2 Å². The second-order valence-corrected chi connectivity index (χ2v) is 4.20. The number of para-hydroxylation sites is 1. The minimum atomic E-state index is -0.644. The summed E-state index contributed by atoms with van der Waals surface area (Å²) in [5.41, 5.74) is 8.87. The number of hydrogen-bond donors (Lipinski definition) is 2. The van der Waals surface area contributed by atoms with Crippen molar-refractivity contribution in [2.24, 2.45) is 10.8 Å². The number of benzene rings is 1. The largest absolute Gasteiger partial charge is 0.364 e. The van der Waals surface area contributed by atoms with Gasteiger partial charge in [-0.15, -0.1) is 0 Å². The molecule has 0 spiro atoms. The van der Waals surface area contributed by atoms with Crippen LogP contribution in [0.25, 0.3) is 0 Å². The van der Waals surface area contributed by atoms with Crippen molar-refractivity contribution in [3.63, 3.8) is 0 Å². The molecule has 2 rings (SSSR count). The van der Waals surface area contributed by atoms with Gasteiger partial charge in [0.25, 0.3) is 5.91 Å². The number of carbonyl (C=O) groups is 1. The first-order chi connectivity index (χ1) is 8.66. The molecule has 0 saturated carbocycles. The summed E-state index contributed by atoms with van der Waals surface area (Å²) < 4.78 is 3.99. The number of nitrogens with zero attached hydrogens (tertiary/aromatic N) is 3. The monoisotopic (exact) mass is 261 g/mol. The third-order valence-electron chi connectivity index (χ3n) is 2.03. The van der Waals surface area contributed by atoms with Gasteiger partial charge < -0.3 is 5.73 Å². The van der Waals surface area contributed by atoms with Gasteiger partial charge in [0.05, 0.1) is 5.69 Å². The normalized spacial score (nSPS) is 11.3. The first kappa shape index (κ1) is 12.2. The van der Waals surface area contributed by atoms with Gasteiger partial charge >= 0.3 is 0 Å². The summed E-state index contributed by atoms with van der Waals surface area (Å²) >= 11 is 1.09. The number of rotatable bonds is 4. The van der Waals surface area contributed by atoms with Gasteiger partial charge in [-0.3, -0.25) is 10.2 Å². The molecule has 0 atom stereocenters. The van der Waals surface area contributed by atoms with E-state index in [2.05, 4.69) is 19.9 Å². The highest BCUT2D eigenvalue weighted by Crippen LogP contribution is 2.08. The van der Waals surface area contributed by atoms with E-state index in [0.29, 0.717) is 10.8 Å². The molecule has 6 nitrogen and oxygen atoms in total. The predicted octanol–water partition coefficient (Wildman–Crippen LogP) is 1.15. The summed E-state index contributed by atoms with van der Waals surface area (Å²) in [7, 11) is 0. The zero-order chi connectivity index (χ0) is 13.0.